The second-order valence-electron chi connectivity index (χ2n) is 5.72. The first-order chi connectivity index (χ1) is 11.9. The van der Waals surface area contributed by atoms with Gasteiger partial charge in [0.2, 0.25) is 0 Å². The lowest BCUT2D eigenvalue weighted by Gasteiger charge is -2.08. The molecule has 0 fully saturated rings. The predicted octanol–water partition coefficient (Wildman–Crippen LogP) is 4.45. The van der Waals surface area contributed by atoms with E-state index in [1.165, 1.54) is 23.5 Å². The molecule has 1 amide bonds. The molecule has 0 aliphatic rings. The van der Waals surface area contributed by atoms with Crippen molar-refractivity contribution in [1.82, 2.24) is 0 Å². The molecule has 0 bridgehead atoms. The lowest BCUT2D eigenvalue weighted by Crippen LogP contribution is -2.20. The average Bonchev–Trinajstić information content (AvgIpc) is 2.99. The van der Waals surface area contributed by atoms with Crippen molar-refractivity contribution >= 4 is 39.0 Å². The molecule has 0 atom stereocenters. The quantitative estimate of drug-likeness (QED) is 0.702. The first-order valence-corrected chi connectivity index (χ1v) is 8.47. The Labute approximate surface area is 148 Å². The molecule has 0 unspecified atom stereocenters. The molecule has 0 saturated heterocycles. The second kappa shape index (κ2) is 7.03. The Morgan fingerprint density at radius 3 is 2.64 bits per heavy atom. The molecule has 1 N–H and O–H groups in total. The van der Waals surface area contributed by atoms with E-state index in [2.05, 4.69) is 5.32 Å². The van der Waals surface area contributed by atoms with Crippen LogP contribution < -0.4 is 5.32 Å². The van der Waals surface area contributed by atoms with Crippen LogP contribution >= 0.6 is 11.3 Å². The number of anilines is 1. The van der Waals surface area contributed by atoms with E-state index in [1.807, 2.05) is 26.0 Å². The highest BCUT2D eigenvalue weighted by atomic mass is 32.1. The molecular formula is C19H16FNO3S. The summed E-state index contributed by atoms with van der Waals surface area (Å²) < 4.78 is 19.0. The summed E-state index contributed by atoms with van der Waals surface area (Å²) in [5, 5.41) is 3.32. The second-order valence-corrected chi connectivity index (χ2v) is 6.80. The number of carbonyl (C=O) groups excluding carboxylic acids is 2. The van der Waals surface area contributed by atoms with E-state index in [0.717, 1.165) is 15.8 Å². The number of ether oxygens (including phenoxy) is 1. The summed E-state index contributed by atoms with van der Waals surface area (Å²) in [5.41, 5.74) is 2.85. The van der Waals surface area contributed by atoms with E-state index in [1.54, 1.807) is 18.2 Å². The number of carbonyl (C=O) groups is 2. The van der Waals surface area contributed by atoms with Crippen LogP contribution in [0.1, 0.15) is 20.8 Å². The fraction of sp³-hybridized carbons (Fsp3) is 0.158. The molecule has 2 aromatic carbocycles. The smallest absolute Gasteiger partial charge is 0.348 e. The van der Waals surface area contributed by atoms with Gasteiger partial charge < -0.3 is 10.1 Å². The number of nitrogens with one attached hydrogen (secondary N) is 1. The zero-order valence-corrected chi connectivity index (χ0v) is 14.6. The molecule has 3 aromatic rings. The molecule has 1 heterocycles. The largest absolute Gasteiger partial charge is 0.451 e. The fourth-order valence-corrected chi connectivity index (χ4v) is 3.27. The number of esters is 1. The standard InChI is InChI=1S/C19H16FNO3S/c1-11-3-5-15(7-12(11)2)21-18(22)10-24-19(23)17-9-13-8-14(20)4-6-16(13)25-17/h3-9H,10H2,1-2H3,(H,21,22). The van der Waals surface area contributed by atoms with Crippen molar-refractivity contribution in [2.75, 3.05) is 11.9 Å². The van der Waals surface area contributed by atoms with Gasteiger partial charge in [-0.3, -0.25) is 4.79 Å². The van der Waals surface area contributed by atoms with Crippen molar-refractivity contribution in [3.63, 3.8) is 0 Å². The van der Waals surface area contributed by atoms with Crippen molar-refractivity contribution < 1.29 is 18.7 Å². The highest BCUT2D eigenvalue weighted by Crippen LogP contribution is 2.26. The Bertz CT molecular complexity index is 964. The van der Waals surface area contributed by atoms with E-state index in [-0.39, 0.29) is 12.4 Å². The van der Waals surface area contributed by atoms with E-state index in [9.17, 15) is 14.0 Å². The van der Waals surface area contributed by atoms with Gasteiger partial charge in [0.15, 0.2) is 6.61 Å². The number of halogens is 1. The number of rotatable bonds is 4. The summed E-state index contributed by atoms with van der Waals surface area (Å²) in [6.07, 6.45) is 0. The maximum atomic E-state index is 13.2. The first kappa shape index (κ1) is 17.1. The van der Waals surface area contributed by atoms with Gasteiger partial charge in [0, 0.05) is 10.4 Å². The van der Waals surface area contributed by atoms with E-state index in [4.69, 9.17) is 4.74 Å². The maximum Gasteiger partial charge on any atom is 0.348 e. The number of thiophene rings is 1. The van der Waals surface area contributed by atoms with Crippen LogP contribution in [0.15, 0.2) is 42.5 Å². The molecule has 6 heteroatoms. The first-order valence-electron chi connectivity index (χ1n) is 7.66. The predicted molar refractivity (Wildman–Crippen MR) is 96.6 cm³/mol. The van der Waals surface area contributed by atoms with Crippen molar-refractivity contribution in [3.8, 4) is 0 Å². The minimum Gasteiger partial charge on any atom is -0.451 e. The van der Waals surface area contributed by atoms with Gasteiger partial charge in [-0.15, -0.1) is 11.3 Å². The molecule has 0 aliphatic heterocycles. The van der Waals surface area contributed by atoms with Crippen LogP contribution in [0.4, 0.5) is 10.1 Å². The van der Waals surface area contributed by atoms with Crippen molar-refractivity contribution in [2.45, 2.75) is 13.8 Å². The highest BCUT2D eigenvalue weighted by Gasteiger charge is 2.14. The number of hydrogen-bond acceptors (Lipinski definition) is 4. The minimum atomic E-state index is -0.600. The zero-order valence-electron chi connectivity index (χ0n) is 13.8. The van der Waals surface area contributed by atoms with Crippen LogP contribution in [-0.2, 0) is 9.53 Å². The summed E-state index contributed by atoms with van der Waals surface area (Å²) in [5.74, 6) is -1.38. The van der Waals surface area contributed by atoms with Gasteiger partial charge >= 0.3 is 5.97 Å². The number of benzene rings is 2. The maximum absolute atomic E-state index is 13.2. The van der Waals surface area contributed by atoms with E-state index >= 15 is 0 Å². The molecule has 3 rings (SSSR count). The lowest BCUT2D eigenvalue weighted by atomic mass is 10.1. The SMILES string of the molecule is Cc1ccc(NC(=O)COC(=O)c2cc3cc(F)ccc3s2)cc1C. The molecular weight excluding hydrogens is 341 g/mol. The number of hydrogen-bond donors (Lipinski definition) is 1. The molecule has 0 radical (unpaired) electrons. The van der Waals surface area contributed by atoms with Gasteiger partial charge in [-0.2, -0.15) is 0 Å². The van der Waals surface area contributed by atoms with Gasteiger partial charge in [-0.25, -0.2) is 9.18 Å². The minimum absolute atomic E-state index is 0.333. The summed E-state index contributed by atoms with van der Waals surface area (Å²) in [4.78, 5) is 24.3. The van der Waals surface area contributed by atoms with Crippen molar-refractivity contribution in [2.24, 2.45) is 0 Å². The third-order valence-electron chi connectivity index (χ3n) is 3.80. The molecule has 1 aromatic heterocycles. The van der Waals surface area contributed by atoms with Crippen LogP contribution in [-0.4, -0.2) is 18.5 Å². The summed E-state index contributed by atoms with van der Waals surface area (Å²) >= 11 is 1.20. The fourth-order valence-electron chi connectivity index (χ4n) is 2.33. The number of aryl methyl sites for hydroxylation is 2. The van der Waals surface area contributed by atoms with Crippen molar-refractivity contribution in [3.05, 3.63) is 64.3 Å². The Balaban J connectivity index is 1.60. The van der Waals surface area contributed by atoms with E-state index in [0.29, 0.717) is 16.0 Å². The van der Waals surface area contributed by atoms with Gasteiger partial charge in [0.25, 0.3) is 5.91 Å². The third kappa shape index (κ3) is 4.03. The molecule has 4 nitrogen and oxygen atoms in total. The monoisotopic (exact) mass is 357 g/mol. The topological polar surface area (TPSA) is 55.4 Å². The Kier molecular flexibility index (Phi) is 4.81. The zero-order chi connectivity index (χ0) is 18.0. The molecule has 128 valence electrons. The van der Waals surface area contributed by atoms with Crippen molar-refractivity contribution in [1.29, 1.82) is 0 Å². The van der Waals surface area contributed by atoms with Crippen LogP contribution in [0, 0.1) is 19.7 Å². The third-order valence-corrected chi connectivity index (χ3v) is 4.90. The van der Waals surface area contributed by atoms with Gasteiger partial charge in [-0.05, 0) is 66.8 Å². The van der Waals surface area contributed by atoms with Gasteiger partial charge in [-0.1, -0.05) is 6.07 Å². The van der Waals surface area contributed by atoms with Gasteiger partial charge in [0.1, 0.15) is 10.7 Å². The van der Waals surface area contributed by atoms with Crippen LogP contribution in [0.25, 0.3) is 10.1 Å². The summed E-state index contributed by atoms with van der Waals surface area (Å²) in [6, 6.07) is 11.4. The normalized spacial score (nSPS) is 10.7. The molecule has 0 aliphatic carbocycles. The van der Waals surface area contributed by atoms with Gasteiger partial charge in [0.05, 0.1) is 0 Å². The molecule has 25 heavy (non-hydrogen) atoms. The van der Waals surface area contributed by atoms with Crippen LogP contribution in [0.2, 0.25) is 0 Å². The Hall–Kier alpha value is -2.73. The molecule has 0 spiro atoms. The Morgan fingerprint density at radius 1 is 1.08 bits per heavy atom. The summed E-state index contributed by atoms with van der Waals surface area (Å²) in [6.45, 7) is 3.56. The number of amides is 1. The number of fused-ring (bicyclic) bond motifs is 1. The van der Waals surface area contributed by atoms with Crippen LogP contribution in [0.3, 0.4) is 0 Å². The Morgan fingerprint density at radius 2 is 1.88 bits per heavy atom. The average molecular weight is 357 g/mol. The molecule has 0 saturated carbocycles. The summed E-state index contributed by atoms with van der Waals surface area (Å²) in [7, 11) is 0. The van der Waals surface area contributed by atoms with E-state index < -0.39 is 11.9 Å². The van der Waals surface area contributed by atoms with Crippen LogP contribution in [0.5, 0.6) is 0 Å². The lowest BCUT2D eigenvalue weighted by molar-refractivity contribution is -0.119. The highest BCUT2D eigenvalue weighted by molar-refractivity contribution is 7.20.